The third kappa shape index (κ3) is 53.7. The molecule has 65 heavy (non-hydrogen) atoms. The molecule has 0 heterocycles. The first kappa shape index (κ1) is 63.9. The lowest BCUT2D eigenvalue weighted by atomic mass is 10.0. The number of carbonyl (C=O) groups excluding carboxylic acids is 1. The molecule has 4 nitrogen and oxygen atoms in total. The third-order valence-electron chi connectivity index (χ3n) is 14.2. The maximum Gasteiger partial charge on any atom is 0.220 e. The average Bonchev–Trinajstić information content (AvgIpc) is 3.31. The molecule has 4 heteroatoms. The van der Waals surface area contributed by atoms with E-state index in [1.165, 1.54) is 289 Å². The molecule has 3 N–H and O–H groups in total. The normalized spacial score (nSPS) is 12.9. The summed E-state index contributed by atoms with van der Waals surface area (Å²) in [5, 5.41) is 23.1. The molecular formula is C61H119NO3. The zero-order valence-electron chi connectivity index (χ0n) is 44.5. The van der Waals surface area contributed by atoms with E-state index >= 15 is 0 Å². The maximum absolute atomic E-state index is 12.5. The molecule has 386 valence electrons. The van der Waals surface area contributed by atoms with E-state index in [0.29, 0.717) is 6.42 Å². The van der Waals surface area contributed by atoms with Crippen LogP contribution in [0.15, 0.2) is 24.3 Å². The van der Waals surface area contributed by atoms with E-state index in [4.69, 9.17) is 0 Å². The molecule has 0 aromatic rings. The van der Waals surface area contributed by atoms with Gasteiger partial charge in [-0.15, -0.1) is 0 Å². The molecule has 0 aliphatic heterocycles. The van der Waals surface area contributed by atoms with Crippen LogP contribution in [0.25, 0.3) is 0 Å². The van der Waals surface area contributed by atoms with Crippen LogP contribution in [0, 0.1) is 0 Å². The highest BCUT2D eigenvalue weighted by molar-refractivity contribution is 5.76. The first-order valence-corrected chi connectivity index (χ1v) is 30.1. The van der Waals surface area contributed by atoms with Crippen molar-refractivity contribution in [2.45, 2.75) is 353 Å². The highest BCUT2D eigenvalue weighted by Gasteiger charge is 2.18. The summed E-state index contributed by atoms with van der Waals surface area (Å²) < 4.78 is 0. The number of hydrogen-bond donors (Lipinski definition) is 3. The van der Waals surface area contributed by atoms with Crippen LogP contribution in [0.5, 0.6) is 0 Å². The topological polar surface area (TPSA) is 69.6 Å². The summed E-state index contributed by atoms with van der Waals surface area (Å²) in [6.07, 6.45) is 76.6. The molecule has 0 spiro atoms. The highest BCUT2D eigenvalue weighted by Crippen LogP contribution is 2.18. The summed E-state index contributed by atoms with van der Waals surface area (Å²) in [4.78, 5) is 12.5. The lowest BCUT2D eigenvalue weighted by Gasteiger charge is -2.19. The van der Waals surface area contributed by atoms with Gasteiger partial charge in [-0.25, -0.2) is 0 Å². The molecule has 2 unspecified atom stereocenters. The first-order chi connectivity index (χ1) is 32.2. The standard InChI is InChI=1S/C61H119NO3/c1-3-5-7-9-11-13-15-17-19-21-22-23-24-25-26-27-28-29-30-31-32-33-34-35-36-37-38-39-40-41-43-45-47-49-51-53-55-57-61(65)62-59(58-63)60(64)56-54-52-50-48-46-44-42-20-18-16-14-12-10-8-6-4-2/h46,48,54,56,59-60,63-64H,3-45,47,49-53,55,57-58H2,1-2H3,(H,62,65)/b48-46+,56-54+. The van der Waals surface area contributed by atoms with Crippen LogP contribution in [0.1, 0.15) is 341 Å². The Hall–Kier alpha value is -1.13. The molecule has 0 aliphatic carbocycles. The minimum atomic E-state index is -0.859. The van der Waals surface area contributed by atoms with E-state index in [0.717, 1.165) is 32.1 Å². The minimum Gasteiger partial charge on any atom is -0.394 e. The molecule has 0 aliphatic rings. The summed E-state index contributed by atoms with van der Waals surface area (Å²) in [6.45, 7) is 4.33. The van der Waals surface area contributed by atoms with Crippen molar-refractivity contribution in [1.82, 2.24) is 5.32 Å². The summed E-state index contributed by atoms with van der Waals surface area (Å²) in [6, 6.07) is -0.636. The maximum atomic E-state index is 12.5. The Morgan fingerprint density at radius 3 is 0.892 bits per heavy atom. The van der Waals surface area contributed by atoms with Gasteiger partial charge in [-0.2, -0.15) is 0 Å². The van der Waals surface area contributed by atoms with Gasteiger partial charge >= 0.3 is 0 Å². The van der Waals surface area contributed by atoms with E-state index < -0.39 is 12.1 Å². The van der Waals surface area contributed by atoms with Gasteiger partial charge in [-0.3, -0.25) is 4.79 Å². The average molecular weight is 915 g/mol. The largest absolute Gasteiger partial charge is 0.394 e. The summed E-state index contributed by atoms with van der Waals surface area (Å²) in [5.41, 5.74) is 0. The highest BCUT2D eigenvalue weighted by atomic mass is 16.3. The van der Waals surface area contributed by atoms with Crippen LogP contribution in [0.4, 0.5) is 0 Å². The molecule has 0 aromatic carbocycles. The second-order valence-corrected chi connectivity index (χ2v) is 20.8. The smallest absolute Gasteiger partial charge is 0.220 e. The number of amides is 1. The zero-order chi connectivity index (χ0) is 47.0. The van der Waals surface area contributed by atoms with Gasteiger partial charge in [0.05, 0.1) is 18.8 Å². The Bertz CT molecular complexity index is 947. The number of carbonyl (C=O) groups is 1. The van der Waals surface area contributed by atoms with E-state index in [-0.39, 0.29) is 12.5 Å². The van der Waals surface area contributed by atoms with Gasteiger partial charge in [0.25, 0.3) is 0 Å². The van der Waals surface area contributed by atoms with Crippen molar-refractivity contribution in [3.8, 4) is 0 Å². The molecule has 0 saturated carbocycles. The molecule has 0 bridgehead atoms. The predicted molar refractivity (Wildman–Crippen MR) is 290 cm³/mol. The number of rotatable bonds is 56. The molecule has 1 amide bonds. The van der Waals surface area contributed by atoms with E-state index in [2.05, 4.69) is 31.3 Å². The van der Waals surface area contributed by atoms with Gasteiger partial charge in [-0.05, 0) is 32.1 Å². The van der Waals surface area contributed by atoms with E-state index in [1.54, 1.807) is 6.08 Å². The fourth-order valence-corrected chi connectivity index (χ4v) is 9.61. The van der Waals surface area contributed by atoms with Gasteiger partial charge in [0.1, 0.15) is 0 Å². The number of aliphatic hydroxyl groups excluding tert-OH is 2. The van der Waals surface area contributed by atoms with Crippen molar-refractivity contribution in [1.29, 1.82) is 0 Å². The quantitative estimate of drug-likeness (QED) is 0.0421. The molecular weight excluding hydrogens is 795 g/mol. The van der Waals surface area contributed by atoms with Gasteiger partial charge in [0, 0.05) is 6.42 Å². The third-order valence-corrected chi connectivity index (χ3v) is 14.2. The Morgan fingerprint density at radius 2 is 0.600 bits per heavy atom. The molecule has 0 aromatic heterocycles. The molecule has 0 radical (unpaired) electrons. The Labute approximate surface area is 409 Å². The van der Waals surface area contributed by atoms with Crippen LogP contribution in [0.2, 0.25) is 0 Å². The van der Waals surface area contributed by atoms with E-state index in [9.17, 15) is 15.0 Å². The van der Waals surface area contributed by atoms with Crippen molar-refractivity contribution in [2.24, 2.45) is 0 Å². The van der Waals surface area contributed by atoms with Crippen molar-refractivity contribution in [3.63, 3.8) is 0 Å². The number of nitrogens with one attached hydrogen (secondary N) is 1. The zero-order valence-corrected chi connectivity index (χ0v) is 44.5. The lowest BCUT2D eigenvalue weighted by molar-refractivity contribution is -0.123. The van der Waals surface area contributed by atoms with Gasteiger partial charge in [0.15, 0.2) is 0 Å². The Balaban J connectivity index is 3.38. The van der Waals surface area contributed by atoms with Crippen LogP contribution < -0.4 is 5.32 Å². The fourth-order valence-electron chi connectivity index (χ4n) is 9.61. The molecule has 0 fully saturated rings. The first-order valence-electron chi connectivity index (χ1n) is 30.1. The van der Waals surface area contributed by atoms with Gasteiger partial charge in [0.2, 0.25) is 5.91 Å². The second-order valence-electron chi connectivity index (χ2n) is 20.8. The Morgan fingerprint density at radius 1 is 0.354 bits per heavy atom. The molecule has 2 atom stereocenters. The number of unbranched alkanes of at least 4 members (excludes halogenated alkanes) is 47. The van der Waals surface area contributed by atoms with E-state index in [1.807, 2.05) is 6.08 Å². The summed E-state index contributed by atoms with van der Waals surface area (Å²) >= 11 is 0. The van der Waals surface area contributed by atoms with Gasteiger partial charge < -0.3 is 15.5 Å². The SMILES string of the molecule is CCCCCCCCCCCC/C=C/CC/C=C/C(O)C(CO)NC(=O)CCCCCCCCCCCCCCCCCCCCCCCCCCCCCCCCCCCCCCC. The van der Waals surface area contributed by atoms with Crippen LogP contribution in [-0.4, -0.2) is 34.9 Å². The lowest BCUT2D eigenvalue weighted by Crippen LogP contribution is -2.45. The summed E-state index contributed by atoms with van der Waals surface area (Å²) in [5.74, 6) is -0.0669. The minimum absolute atomic E-state index is 0.0669. The van der Waals surface area contributed by atoms with Crippen LogP contribution in [-0.2, 0) is 4.79 Å². The van der Waals surface area contributed by atoms with Crippen molar-refractivity contribution >= 4 is 5.91 Å². The predicted octanol–water partition coefficient (Wildman–Crippen LogP) is 19.9. The molecule has 0 saturated heterocycles. The van der Waals surface area contributed by atoms with Gasteiger partial charge in [-0.1, -0.05) is 327 Å². The second kappa shape index (κ2) is 57.2. The van der Waals surface area contributed by atoms with Crippen molar-refractivity contribution in [2.75, 3.05) is 6.61 Å². The summed E-state index contributed by atoms with van der Waals surface area (Å²) in [7, 11) is 0. The van der Waals surface area contributed by atoms with Crippen LogP contribution >= 0.6 is 0 Å². The van der Waals surface area contributed by atoms with Crippen molar-refractivity contribution < 1.29 is 15.0 Å². The fraction of sp³-hybridized carbons (Fsp3) is 0.918. The molecule has 0 rings (SSSR count). The number of allylic oxidation sites excluding steroid dienone is 3. The Kier molecular flexibility index (Phi) is 56.2. The number of hydrogen-bond acceptors (Lipinski definition) is 3. The van der Waals surface area contributed by atoms with Crippen molar-refractivity contribution in [3.05, 3.63) is 24.3 Å². The number of aliphatic hydroxyl groups is 2. The monoisotopic (exact) mass is 914 g/mol. The van der Waals surface area contributed by atoms with Crippen LogP contribution in [0.3, 0.4) is 0 Å².